The second-order valence-electron chi connectivity index (χ2n) is 5.70. The number of pyridine rings is 1. The van der Waals surface area contributed by atoms with Crippen LogP contribution in [0.3, 0.4) is 0 Å². The zero-order valence-corrected chi connectivity index (χ0v) is 11.5. The molecular weight excluding hydrogens is 246 g/mol. The molecule has 3 aliphatic rings. The van der Waals surface area contributed by atoms with Crippen LogP contribution in [0.2, 0.25) is 0 Å². The first kappa shape index (κ1) is 11.9. The van der Waals surface area contributed by atoms with E-state index in [1.165, 1.54) is 11.1 Å². The maximum atomic E-state index is 4.48. The van der Waals surface area contributed by atoms with Crippen LogP contribution in [0.15, 0.2) is 48.7 Å². The van der Waals surface area contributed by atoms with Crippen molar-refractivity contribution in [1.82, 2.24) is 10.3 Å². The van der Waals surface area contributed by atoms with Gasteiger partial charge in [-0.3, -0.25) is 4.98 Å². The van der Waals surface area contributed by atoms with E-state index >= 15 is 0 Å². The van der Waals surface area contributed by atoms with Crippen molar-refractivity contribution in [3.05, 3.63) is 48.7 Å². The first-order chi connectivity index (χ1) is 9.92. The van der Waals surface area contributed by atoms with Crippen LogP contribution in [-0.2, 0) is 0 Å². The highest BCUT2D eigenvalue weighted by Gasteiger charge is 2.28. The van der Waals surface area contributed by atoms with Gasteiger partial charge in [0.2, 0.25) is 0 Å². The molecule has 5 rings (SSSR count). The van der Waals surface area contributed by atoms with E-state index in [1.54, 1.807) is 0 Å². The minimum Gasteiger partial charge on any atom is -0.365 e. The van der Waals surface area contributed by atoms with Gasteiger partial charge in [0.05, 0.1) is 5.52 Å². The Morgan fingerprint density at radius 3 is 3.05 bits per heavy atom. The smallest absolute Gasteiger partial charge is 0.0722 e. The quantitative estimate of drug-likeness (QED) is 0.804. The molecule has 3 heteroatoms. The van der Waals surface area contributed by atoms with Gasteiger partial charge in [-0.05, 0) is 37.1 Å². The summed E-state index contributed by atoms with van der Waals surface area (Å²) < 4.78 is 0. The molecule has 0 saturated carbocycles. The van der Waals surface area contributed by atoms with Crippen molar-refractivity contribution in [1.29, 1.82) is 0 Å². The SMILES string of the molecule is C1=CCC2CNC(C1)CN2c1cccc2ncccc12. The average molecular weight is 265 g/mol. The lowest BCUT2D eigenvalue weighted by atomic mass is 9.98. The highest BCUT2D eigenvalue weighted by Crippen LogP contribution is 2.30. The molecular formula is C17H19N3. The van der Waals surface area contributed by atoms with E-state index in [-0.39, 0.29) is 0 Å². The van der Waals surface area contributed by atoms with Crippen molar-refractivity contribution in [3.63, 3.8) is 0 Å². The standard InChI is InChI=1S/C17H19N3/c1-2-6-14-11-19-13(5-1)12-20(14)17-9-3-8-16-15(17)7-4-10-18-16/h1-4,7-10,13-14,19H,5-6,11-12H2. The number of rotatable bonds is 1. The Morgan fingerprint density at radius 2 is 2.05 bits per heavy atom. The molecule has 2 atom stereocenters. The van der Waals surface area contributed by atoms with Crippen LogP contribution in [0.1, 0.15) is 12.8 Å². The molecule has 2 bridgehead atoms. The summed E-state index contributed by atoms with van der Waals surface area (Å²) in [6.07, 6.45) is 8.79. The second kappa shape index (κ2) is 4.91. The highest BCUT2D eigenvalue weighted by atomic mass is 15.2. The number of benzene rings is 1. The third-order valence-corrected chi connectivity index (χ3v) is 4.43. The van der Waals surface area contributed by atoms with Crippen LogP contribution in [0.4, 0.5) is 5.69 Å². The fraction of sp³-hybridized carbons (Fsp3) is 0.353. The van der Waals surface area contributed by atoms with E-state index < -0.39 is 0 Å². The molecule has 3 nitrogen and oxygen atoms in total. The minimum atomic E-state index is 0.550. The molecule has 3 aliphatic heterocycles. The fourth-order valence-electron chi connectivity index (χ4n) is 3.38. The summed E-state index contributed by atoms with van der Waals surface area (Å²) in [4.78, 5) is 7.06. The lowest BCUT2D eigenvalue weighted by molar-refractivity contribution is 0.386. The fourth-order valence-corrected chi connectivity index (χ4v) is 3.38. The predicted molar refractivity (Wildman–Crippen MR) is 83.0 cm³/mol. The van der Waals surface area contributed by atoms with Gasteiger partial charge in [0.1, 0.15) is 0 Å². The van der Waals surface area contributed by atoms with Gasteiger partial charge in [-0.2, -0.15) is 0 Å². The monoisotopic (exact) mass is 265 g/mol. The number of hydrogen-bond donors (Lipinski definition) is 1. The minimum absolute atomic E-state index is 0.550. The maximum absolute atomic E-state index is 4.48. The number of hydrogen-bond acceptors (Lipinski definition) is 3. The molecule has 102 valence electrons. The van der Waals surface area contributed by atoms with Crippen molar-refractivity contribution in [2.24, 2.45) is 0 Å². The van der Waals surface area contributed by atoms with Gasteiger partial charge in [0, 0.05) is 42.4 Å². The molecule has 1 N–H and O–H groups in total. The number of nitrogens with zero attached hydrogens (tertiary/aromatic N) is 2. The largest absolute Gasteiger partial charge is 0.365 e. The van der Waals surface area contributed by atoms with Crippen molar-refractivity contribution in [2.75, 3.05) is 18.0 Å². The molecule has 2 unspecified atom stereocenters. The molecule has 4 heterocycles. The summed E-state index contributed by atoms with van der Waals surface area (Å²) in [7, 11) is 0. The van der Waals surface area contributed by atoms with Crippen LogP contribution in [-0.4, -0.2) is 30.2 Å². The topological polar surface area (TPSA) is 28.2 Å². The molecule has 0 spiro atoms. The number of aromatic nitrogens is 1. The van der Waals surface area contributed by atoms with E-state index in [1.807, 2.05) is 12.3 Å². The third kappa shape index (κ3) is 1.98. The van der Waals surface area contributed by atoms with Crippen LogP contribution < -0.4 is 10.2 Å². The summed E-state index contributed by atoms with van der Waals surface area (Å²) in [5.41, 5.74) is 2.42. The zero-order valence-electron chi connectivity index (χ0n) is 11.5. The Kier molecular flexibility index (Phi) is 2.92. The van der Waals surface area contributed by atoms with E-state index in [4.69, 9.17) is 0 Å². The van der Waals surface area contributed by atoms with Crippen molar-refractivity contribution < 1.29 is 0 Å². The molecule has 20 heavy (non-hydrogen) atoms. The summed E-state index contributed by atoms with van der Waals surface area (Å²) in [6, 6.07) is 11.8. The van der Waals surface area contributed by atoms with Crippen LogP contribution in [0.25, 0.3) is 10.9 Å². The summed E-state index contributed by atoms with van der Waals surface area (Å²) in [5, 5.41) is 4.93. The first-order valence-electron chi connectivity index (χ1n) is 7.40. The van der Waals surface area contributed by atoms with Crippen LogP contribution >= 0.6 is 0 Å². The van der Waals surface area contributed by atoms with Gasteiger partial charge < -0.3 is 10.2 Å². The zero-order chi connectivity index (χ0) is 13.4. The summed E-state index contributed by atoms with van der Waals surface area (Å²) in [5.74, 6) is 0. The highest BCUT2D eigenvalue weighted by molar-refractivity contribution is 5.91. The molecule has 1 aromatic carbocycles. The number of nitrogens with one attached hydrogen (secondary N) is 1. The van der Waals surface area contributed by atoms with E-state index in [0.717, 1.165) is 31.4 Å². The lowest BCUT2D eigenvalue weighted by Crippen LogP contribution is -2.57. The number of piperazine rings is 1. The number of anilines is 1. The molecule has 0 aliphatic carbocycles. The average Bonchev–Trinajstić information content (AvgIpc) is 2.47. The second-order valence-corrected chi connectivity index (χ2v) is 5.70. The summed E-state index contributed by atoms with van der Waals surface area (Å²) >= 11 is 0. The first-order valence-corrected chi connectivity index (χ1v) is 7.40. The molecule has 1 aromatic heterocycles. The van der Waals surface area contributed by atoms with Gasteiger partial charge in [-0.25, -0.2) is 0 Å². The van der Waals surface area contributed by atoms with Gasteiger partial charge in [-0.1, -0.05) is 18.2 Å². The lowest BCUT2D eigenvalue weighted by Gasteiger charge is -2.43. The number of fused-ring (bicyclic) bond motifs is 5. The third-order valence-electron chi connectivity index (χ3n) is 4.43. The normalized spacial score (nSPS) is 25.7. The molecule has 0 radical (unpaired) electrons. The van der Waals surface area contributed by atoms with E-state index in [0.29, 0.717) is 12.1 Å². The van der Waals surface area contributed by atoms with Gasteiger partial charge in [0.25, 0.3) is 0 Å². The van der Waals surface area contributed by atoms with E-state index in [9.17, 15) is 0 Å². The van der Waals surface area contributed by atoms with Crippen LogP contribution in [0, 0.1) is 0 Å². The molecule has 2 aromatic rings. The van der Waals surface area contributed by atoms with Crippen molar-refractivity contribution in [3.8, 4) is 0 Å². The Hall–Kier alpha value is -1.87. The van der Waals surface area contributed by atoms with Gasteiger partial charge >= 0.3 is 0 Å². The molecule has 0 amide bonds. The molecule has 1 saturated heterocycles. The summed E-state index contributed by atoms with van der Waals surface area (Å²) in [6.45, 7) is 2.16. The maximum Gasteiger partial charge on any atom is 0.0722 e. The Labute approximate surface area is 119 Å². The molecule has 1 fully saturated rings. The van der Waals surface area contributed by atoms with Crippen molar-refractivity contribution in [2.45, 2.75) is 24.9 Å². The Bertz CT molecular complexity index is 644. The van der Waals surface area contributed by atoms with Crippen molar-refractivity contribution >= 4 is 16.6 Å². The van der Waals surface area contributed by atoms with Gasteiger partial charge in [0.15, 0.2) is 0 Å². The Balaban J connectivity index is 1.80. The van der Waals surface area contributed by atoms with Crippen LogP contribution in [0.5, 0.6) is 0 Å². The predicted octanol–water partition coefficient (Wildman–Crippen LogP) is 2.73. The van der Waals surface area contributed by atoms with Gasteiger partial charge in [-0.15, -0.1) is 0 Å². The van der Waals surface area contributed by atoms with E-state index in [2.05, 4.69) is 51.6 Å². The Morgan fingerprint density at radius 1 is 1.10 bits per heavy atom.